The van der Waals surface area contributed by atoms with Crippen molar-refractivity contribution >= 4 is 23.4 Å². The molecular weight excluding hydrogens is 412 g/mol. The maximum atomic E-state index is 12.8. The third-order valence-electron chi connectivity index (χ3n) is 5.24. The van der Waals surface area contributed by atoms with Crippen molar-refractivity contribution in [2.75, 3.05) is 18.2 Å². The van der Waals surface area contributed by atoms with Crippen LogP contribution in [0.2, 0.25) is 0 Å². The number of carbonyl (C=O) groups is 1. The highest BCUT2D eigenvalue weighted by Crippen LogP contribution is 2.29. The highest BCUT2D eigenvalue weighted by Gasteiger charge is 2.21. The number of benzene rings is 1. The Morgan fingerprint density at radius 1 is 1.19 bits per heavy atom. The zero-order valence-electron chi connectivity index (χ0n) is 17.3. The number of pyridine rings is 1. The van der Waals surface area contributed by atoms with Gasteiger partial charge in [0.1, 0.15) is 10.8 Å². The SMILES string of the molecule is COc1ccccc1NC(=O)CSc1nc(=O)n(Cc2cccnc2)c2c1CCCC2. The number of para-hydroxylation sites is 2. The summed E-state index contributed by atoms with van der Waals surface area (Å²) in [5, 5.41) is 3.53. The summed E-state index contributed by atoms with van der Waals surface area (Å²) in [5.74, 6) is 0.610. The van der Waals surface area contributed by atoms with Crippen LogP contribution in [0.15, 0.2) is 58.6 Å². The van der Waals surface area contributed by atoms with E-state index in [4.69, 9.17) is 4.74 Å². The number of carbonyl (C=O) groups excluding carboxylic acids is 1. The number of amides is 1. The van der Waals surface area contributed by atoms with E-state index in [1.54, 1.807) is 36.2 Å². The van der Waals surface area contributed by atoms with Crippen molar-refractivity contribution in [2.45, 2.75) is 37.3 Å². The Labute approximate surface area is 184 Å². The number of rotatable bonds is 7. The van der Waals surface area contributed by atoms with Crippen molar-refractivity contribution in [3.63, 3.8) is 0 Å². The van der Waals surface area contributed by atoms with Crippen LogP contribution in [-0.2, 0) is 24.2 Å². The molecule has 1 amide bonds. The van der Waals surface area contributed by atoms with Gasteiger partial charge in [0.25, 0.3) is 0 Å². The molecule has 7 nitrogen and oxygen atoms in total. The summed E-state index contributed by atoms with van der Waals surface area (Å²) in [7, 11) is 1.57. The topological polar surface area (TPSA) is 86.1 Å². The van der Waals surface area contributed by atoms with E-state index in [1.165, 1.54) is 11.8 Å². The number of nitrogens with one attached hydrogen (secondary N) is 1. The van der Waals surface area contributed by atoms with Gasteiger partial charge < -0.3 is 10.1 Å². The second-order valence-electron chi connectivity index (χ2n) is 7.32. The quantitative estimate of drug-likeness (QED) is 0.452. The Balaban J connectivity index is 1.53. The lowest BCUT2D eigenvalue weighted by molar-refractivity contribution is -0.113. The van der Waals surface area contributed by atoms with Crippen molar-refractivity contribution in [3.05, 3.63) is 76.1 Å². The molecule has 4 rings (SSSR count). The molecule has 0 radical (unpaired) electrons. The monoisotopic (exact) mass is 436 g/mol. The lowest BCUT2D eigenvalue weighted by Crippen LogP contribution is -2.30. The zero-order valence-corrected chi connectivity index (χ0v) is 18.2. The molecule has 0 bridgehead atoms. The maximum absolute atomic E-state index is 12.8. The van der Waals surface area contributed by atoms with Gasteiger partial charge in [-0.15, -0.1) is 0 Å². The normalized spacial score (nSPS) is 12.8. The third kappa shape index (κ3) is 4.96. The highest BCUT2D eigenvalue weighted by molar-refractivity contribution is 8.00. The van der Waals surface area contributed by atoms with Crippen LogP contribution < -0.4 is 15.7 Å². The van der Waals surface area contributed by atoms with Crippen molar-refractivity contribution in [3.8, 4) is 5.75 Å². The summed E-state index contributed by atoms with van der Waals surface area (Å²) in [5.41, 5.74) is 3.43. The van der Waals surface area contributed by atoms with Crippen LogP contribution in [0.25, 0.3) is 0 Å². The Bertz CT molecular complexity index is 1130. The number of thioether (sulfide) groups is 1. The first-order valence-corrected chi connectivity index (χ1v) is 11.2. The summed E-state index contributed by atoms with van der Waals surface area (Å²) >= 11 is 1.32. The van der Waals surface area contributed by atoms with Crippen molar-refractivity contribution in [1.82, 2.24) is 14.5 Å². The highest BCUT2D eigenvalue weighted by atomic mass is 32.2. The maximum Gasteiger partial charge on any atom is 0.349 e. The van der Waals surface area contributed by atoms with Crippen LogP contribution in [0.5, 0.6) is 5.75 Å². The molecule has 1 aromatic carbocycles. The van der Waals surface area contributed by atoms with Gasteiger partial charge in [0, 0.05) is 23.7 Å². The minimum absolute atomic E-state index is 0.166. The molecule has 160 valence electrons. The van der Waals surface area contributed by atoms with E-state index in [-0.39, 0.29) is 17.3 Å². The van der Waals surface area contributed by atoms with E-state index in [0.717, 1.165) is 42.5 Å². The van der Waals surface area contributed by atoms with Crippen LogP contribution >= 0.6 is 11.8 Å². The lowest BCUT2D eigenvalue weighted by Gasteiger charge is -2.22. The largest absolute Gasteiger partial charge is 0.495 e. The molecule has 1 aliphatic carbocycles. The molecule has 2 heterocycles. The van der Waals surface area contributed by atoms with Gasteiger partial charge in [-0.25, -0.2) is 4.79 Å². The Morgan fingerprint density at radius 2 is 2.03 bits per heavy atom. The zero-order chi connectivity index (χ0) is 21.6. The Morgan fingerprint density at radius 3 is 2.84 bits per heavy atom. The molecule has 3 aromatic rings. The second kappa shape index (κ2) is 9.78. The third-order valence-corrected chi connectivity index (χ3v) is 6.25. The first kappa shape index (κ1) is 21.1. The van der Waals surface area contributed by atoms with Gasteiger partial charge in [-0.2, -0.15) is 4.98 Å². The number of hydrogen-bond donors (Lipinski definition) is 1. The van der Waals surface area contributed by atoms with Crippen LogP contribution in [0.3, 0.4) is 0 Å². The summed E-state index contributed by atoms with van der Waals surface area (Å²) in [6.45, 7) is 0.460. The summed E-state index contributed by atoms with van der Waals surface area (Å²) in [6, 6.07) is 11.1. The van der Waals surface area contributed by atoms with E-state index in [9.17, 15) is 9.59 Å². The number of methoxy groups -OCH3 is 1. The van der Waals surface area contributed by atoms with E-state index < -0.39 is 0 Å². The fraction of sp³-hybridized carbons (Fsp3) is 0.304. The number of anilines is 1. The van der Waals surface area contributed by atoms with Crippen LogP contribution in [0, 0.1) is 0 Å². The van der Waals surface area contributed by atoms with Gasteiger partial charge in [-0.1, -0.05) is 30.0 Å². The number of ether oxygens (including phenoxy) is 1. The van der Waals surface area contributed by atoms with Crippen molar-refractivity contribution < 1.29 is 9.53 Å². The van der Waals surface area contributed by atoms with E-state index >= 15 is 0 Å². The first-order chi connectivity index (χ1) is 15.2. The smallest absolute Gasteiger partial charge is 0.349 e. The molecule has 2 aromatic heterocycles. The molecule has 0 aliphatic heterocycles. The minimum atomic E-state index is -0.280. The van der Waals surface area contributed by atoms with Gasteiger partial charge in [-0.3, -0.25) is 14.3 Å². The van der Waals surface area contributed by atoms with E-state index in [1.807, 2.05) is 24.3 Å². The summed E-state index contributed by atoms with van der Waals surface area (Å²) in [6.07, 6.45) is 7.30. The molecule has 0 unspecified atom stereocenters. The Kier molecular flexibility index (Phi) is 6.66. The Hall–Kier alpha value is -3.13. The summed E-state index contributed by atoms with van der Waals surface area (Å²) < 4.78 is 7.03. The number of hydrogen-bond acceptors (Lipinski definition) is 6. The first-order valence-electron chi connectivity index (χ1n) is 10.2. The number of aromatic nitrogens is 3. The fourth-order valence-corrected chi connectivity index (χ4v) is 4.65. The molecule has 0 fully saturated rings. The molecule has 0 spiro atoms. The molecule has 0 saturated heterocycles. The second-order valence-corrected chi connectivity index (χ2v) is 8.28. The average Bonchev–Trinajstić information content (AvgIpc) is 2.81. The van der Waals surface area contributed by atoms with Crippen LogP contribution in [-0.4, -0.2) is 33.3 Å². The standard InChI is InChI=1S/C23H24N4O3S/c1-30-20-11-5-3-9-18(20)25-21(28)15-31-22-17-8-2-4-10-19(17)27(23(29)26-22)14-16-7-6-12-24-13-16/h3,5-7,9,11-13H,2,4,8,10,14-15H2,1H3,(H,25,28). The predicted octanol–water partition coefficient (Wildman–Crippen LogP) is 3.30. The molecule has 1 aliphatic rings. The van der Waals surface area contributed by atoms with Gasteiger partial charge in [-0.05, 0) is 49.4 Å². The molecule has 0 saturated carbocycles. The number of nitrogens with zero attached hydrogens (tertiary/aromatic N) is 3. The summed E-state index contributed by atoms with van der Waals surface area (Å²) in [4.78, 5) is 33.8. The van der Waals surface area contributed by atoms with Gasteiger partial charge in [0.2, 0.25) is 5.91 Å². The predicted molar refractivity (Wildman–Crippen MR) is 121 cm³/mol. The lowest BCUT2D eigenvalue weighted by atomic mass is 9.97. The van der Waals surface area contributed by atoms with Crippen LogP contribution in [0.1, 0.15) is 29.7 Å². The average molecular weight is 437 g/mol. The molecule has 8 heteroatoms. The molecule has 0 atom stereocenters. The van der Waals surface area contributed by atoms with Gasteiger partial charge >= 0.3 is 5.69 Å². The molecule has 1 N–H and O–H groups in total. The van der Waals surface area contributed by atoms with Crippen LogP contribution in [0.4, 0.5) is 5.69 Å². The van der Waals surface area contributed by atoms with Gasteiger partial charge in [0.15, 0.2) is 0 Å². The van der Waals surface area contributed by atoms with E-state index in [0.29, 0.717) is 23.0 Å². The minimum Gasteiger partial charge on any atom is -0.495 e. The molecule has 31 heavy (non-hydrogen) atoms. The molecular formula is C23H24N4O3S. The number of fused-ring (bicyclic) bond motifs is 1. The van der Waals surface area contributed by atoms with Crippen molar-refractivity contribution in [2.24, 2.45) is 0 Å². The van der Waals surface area contributed by atoms with Gasteiger partial charge in [0.05, 0.1) is 25.1 Å². The fourth-order valence-electron chi connectivity index (χ4n) is 3.77. The van der Waals surface area contributed by atoms with Crippen molar-refractivity contribution in [1.29, 1.82) is 0 Å². The van der Waals surface area contributed by atoms with E-state index in [2.05, 4.69) is 15.3 Å².